The van der Waals surface area contributed by atoms with Crippen LogP contribution in [0, 0.1) is 5.41 Å². The van der Waals surface area contributed by atoms with Gasteiger partial charge in [0.1, 0.15) is 29.9 Å². The summed E-state index contributed by atoms with van der Waals surface area (Å²) in [6, 6.07) is -3.33. The minimum Gasteiger partial charge on any atom is -0.444 e. The van der Waals surface area contributed by atoms with Gasteiger partial charge in [-0.15, -0.1) is 6.58 Å². The molecule has 12 nitrogen and oxygen atoms in total. The number of unbranched alkanes of at least 4 members (excludes halogenated alkanes) is 1. The lowest BCUT2D eigenvalue weighted by atomic mass is 9.85. The third kappa shape index (κ3) is 9.26. The zero-order valence-corrected chi connectivity index (χ0v) is 25.9. The van der Waals surface area contributed by atoms with Crippen molar-refractivity contribution in [1.82, 2.24) is 20.9 Å². The molecule has 232 valence electrons. The molecule has 2 fully saturated rings. The third-order valence-electron chi connectivity index (χ3n) is 6.68. The Bertz CT molecular complexity index is 1010. The molecule has 2 saturated heterocycles. The van der Waals surface area contributed by atoms with Crippen LogP contribution >= 0.6 is 0 Å². The Morgan fingerprint density at radius 3 is 2.24 bits per heavy atom. The lowest BCUT2D eigenvalue weighted by Gasteiger charge is -2.37. The molecule has 12 heteroatoms. The Morgan fingerprint density at radius 2 is 1.71 bits per heavy atom. The number of carbonyl (C=O) groups excluding carboxylic acids is 5. The van der Waals surface area contributed by atoms with Gasteiger partial charge in [-0.25, -0.2) is 4.79 Å². The Balaban J connectivity index is 2.39. The predicted octanol–water partition coefficient (Wildman–Crippen LogP) is 2.20. The molecule has 2 rings (SSSR count). The SMILES string of the molecule is C=CCNC(=O)C(=O)C(CCCC)NC(=O)[C@@H]1[C@H]2OC(C)(C)O[C@H]2CN1C(=O)[C@@H](NC(=O)OC(C)(C)C)C(C)(C)C. The average molecular weight is 581 g/mol. The van der Waals surface area contributed by atoms with Gasteiger partial charge in [-0.1, -0.05) is 46.6 Å². The molecule has 0 aliphatic carbocycles. The van der Waals surface area contributed by atoms with Gasteiger partial charge >= 0.3 is 6.09 Å². The summed E-state index contributed by atoms with van der Waals surface area (Å²) in [6.07, 6.45) is 0.800. The van der Waals surface area contributed by atoms with Crippen molar-refractivity contribution >= 4 is 29.6 Å². The number of ketones is 1. The van der Waals surface area contributed by atoms with Crippen molar-refractivity contribution in [2.24, 2.45) is 5.41 Å². The van der Waals surface area contributed by atoms with E-state index in [4.69, 9.17) is 14.2 Å². The Hall–Kier alpha value is -2.99. The number of hydrogen-bond donors (Lipinski definition) is 3. The standard InChI is InChI=1S/C29H48N4O8/c1-11-13-14-17(20(34)24(36)30-15-12-2)31-23(35)19-21-18(39-29(9,10)40-21)16-33(19)25(37)22(27(3,4)5)32-26(38)41-28(6,7)8/h12,17-19,21-22H,2,11,13-16H2,1,3-10H3,(H,30,36)(H,31,35)(H,32,38)/t17?,18-,19-,21-,22+/m0/s1. The van der Waals surface area contributed by atoms with Gasteiger partial charge in [-0.2, -0.15) is 0 Å². The predicted molar refractivity (Wildman–Crippen MR) is 152 cm³/mol. The van der Waals surface area contributed by atoms with E-state index in [2.05, 4.69) is 22.5 Å². The number of rotatable bonds is 11. The van der Waals surface area contributed by atoms with Gasteiger partial charge in [0, 0.05) is 6.54 Å². The molecule has 0 bridgehead atoms. The van der Waals surface area contributed by atoms with Gasteiger partial charge in [0.15, 0.2) is 5.79 Å². The molecule has 0 aromatic carbocycles. The van der Waals surface area contributed by atoms with Gasteiger partial charge in [-0.3, -0.25) is 19.2 Å². The quantitative estimate of drug-likeness (QED) is 0.248. The smallest absolute Gasteiger partial charge is 0.408 e. The molecule has 2 aliphatic rings. The maximum absolute atomic E-state index is 14.0. The van der Waals surface area contributed by atoms with E-state index in [1.54, 1.807) is 55.4 Å². The fourth-order valence-electron chi connectivity index (χ4n) is 4.86. The van der Waals surface area contributed by atoms with E-state index in [1.807, 2.05) is 6.92 Å². The first-order valence-electron chi connectivity index (χ1n) is 14.2. The highest BCUT2D eigenvalue weighted by Gasteiger charge is 2.58. The third-order valence-corrected chi connectivity index (χ3v) is 6.68. The van der Waals surface area contributed by atoms with Crippen LogP contribution in [0.25, 0.3) is 0 Å². The van der Waals surface area contributed by atoms with Crippen LogP contribution in [-0.2, 0) is 33.4 Å². The van der Waals surface area contributed by atoms with Crippen molar-refractivity contribution in [3.8, 4) is 0 Å². The minimum absolute atomic E-state index is 0.0288. The second-order valence-electron chi connectivity index (χ2n) is 13.1. The number of nitrogens with one attached hydrogen (secondary N) is 3. The van der Waals surface area contributed by atoms with Crippen LogP contribution in [0.5, 0.6) is 0 Å². The molecule has 0 aromatic rings. The van der Waals surface area contributed by atoms with E-state index in [0.29, 0.717) is 6.42 Å². The Kier molecular flexibility index (Phi) is 11.1. The molecule has 0 saturated carbocycles. The molecule has 41 heavy (non-hydrogen) atoms. The lowest BCUT2D eigenvalue weighted by molar-refractivity contribution is -0.171. The lowest BCUT2D eigenvalue weighted by Crippen LogP contribution is -2.61. The zero-order chi connectivity index (χ0) is 31.3. The summed E-state index contributed by atoms with van der Waals surface area (Å²) >= 11 is 0. The summed E-state index contributed by atoms with van der Waals surface area (Å²) in [5, 5.41) is 7.83. The Morgan fingerprint density at radius 1 is 1.07 bits per heavy atom. The van der Waals surface area contributed by atoms with E-state index in [9.17, 15) is 24.0 Å². The summed E-state index contributed by atoms with van der Waals surface area (Å²) in [7, 11) is 0. The van der Waals surface area contributed by atoms with Crippen molar-refractivity contribution in [1.29, 1.82) is 0 Å². The molecule has 0 spiro atoms. The number of hydrogen-bond acceptors (Lipinski definition) is 8. The van der Waals surface area contributed by atoms with Crippen LogP contribution in [0.4, 0.5) is 4.79 Å². The summed E-state index contributed by atoms with van der Waals surface area (Å²) in [6.45, 7) is 19.5. The molecule has 0 aromatic heterocycles. The van der Waals surface area contributed by atoms with Crippen molar-refractivity contribution in [3.63, 3.8) is 0 Å². The first-order chi connectivity index (χ1) is 18.8. The van der Waals surface area contributed by atoms with E-state index >= 15 is 0 Å². The van der Waals surface area contributed by atoms with Crippen LogP contribution in [0.3, 0.4) is 0 Å². The van der Waals surface area contributed by atoms with Gasteiger partial charge in [0.25, 0.3) is 5.91 Å². The number of carbonyl (C=O) groups is 5. The van der Waals surface area contributed by atoms with Crippen molar-refractivity contribution in [2.75, 3.05) is 13.1 Å². The van der Waals surface area contributed by atoms with Gasteiger partial charge in [-0.05, 0) is 46.5 Å². The molecule has 1 unspecified atom stereocenters. The van der Waals surface area contributed by atoms with Crippen molar-refractivity contribution in [3.05, 3.63) is 12.7 Å². The van der Waals surface area contributed by atoms with Crippen LogP contribution in [0.15, 0.2) is 12.7 Å². The summed E-state index contributed by atoms with van der Waals surface area (Å²) in [5.41, 5.74) is -1.54. The van der Waals surface area contributed by atoms with E-state index < -0.39 is 76.7 Å². The summed E-state index contributed by atoms with van der Waals surface area (Å²) in [4.78, 5) is 67.3. The first-order valence-corrected chi connectivity index (χ1v) is 14.2. The molecule has 4 amide bonds. The summed E-state index contributed by atoms with van der Waals surface area (Å²) in [5.74, 6) is -3.79. The molecule has 3 N–H and O–H groups in total. The zero-order valence-electron chi connectivity index (χ0n) is 25.9. The van der Waals surface area contributed by atoms with E-state index in [1.165, 1.54) is 11.0 Å². The number of nitrogens with zero attached hydrogens (tertiary/aromatic N) is 1. The second kappa shape index (κ2) is 13.3. The topological polar surface area (TPSA) is 152 Å². The average Bonchev–Trinajstić information content (AvgIpc) is 3.32. The highest BCUT2D eigenvalue weighted by atomic mass is 16.8. The van der Waals surface area contributed by atoms with Gasteiger partial charge in [0.2, 0.25) is 17.6 Å². The molecular weight excluding hydrogens is 532 g/mol. The van der Waals surface area contributed by atoms with Crippen LogP contribution in [-0.4, -0.2) is 89.3 Å². The molecule has 2 heterocycles. The van der Waals surface area contributed by atoms with E-state index in [-0.39, 0.29) is 19.5 Å². The fraction of sp³-hybridized carbons (Fsp3) is 0.759. The van der Waals surface area contributed by atoms with Gasteiger partial charge in [0.05, 0.1) is 12.6 Å². The number of likely N-dealkylation sites (tertiary alicyclic amines) is 1. The maximum Gasteiger partial charge on any atom is 0.408 e. The highest BCUT2D eigenvalue weighted by Crippen LogP contribution is 2.38. The molecule has 2 aliphatic heterocycles. The van der Waals surface area contributed by atoms with E-state index in [0.717, 1.165) is 6.42 Å². The normalized spacial score (nSPS) is 23.1. The van der Waals surface area contributed by atoms with Crippen LogP contribution in [0.1, 0.15) is 81.6 Å². The maximum atomic E-state index is 14.0. The number of Topliss-reactive ketones (excluding diaryl/α,β-unsaturated/α-hetero) is 1. The molecule has 5 atom stereocenters. The van der Waals surface area contributed by atoms with Crippen molar-refractivity contribution < 1.29 is 38.2 Å². The number of alkyl carbamates (subject to hydrolysis) is 1. The van der Waals surface area contributed by atoms with Crippen LogP contribution in [0.2, 0.25) is 0 Å². The molecular formula is C29H48N4O8. The first kappa shape index (κ1) is 34.2. The number of amides is 4. The Labute approximate surface area is 243 Å². The fourth-order valence-corrected chi connectivity index (χ4v) is 4.86. The summed E-state index contributed by atoms with van der Waals surface area (Å²) < 4.78 is 17.4. The monoisotopic (exact) mass is 580 g/mol. The molecule has 0 radical (unpaired) electrons. The second-order valence-corrected chi connectivity index (χ2v) is 13.1. The number of fused-ring (bicyclic) bond motifs is 1. The largest absolute Gasteiger partial charge is 0.444 e. The number of ether oxygens (including phenoxy) is 3. The van der Waals surface area contributed by atoms with Crippen LogP contribution < -0.4 is 16.0 Å². The van der Waals surface area contributed by atoms with Gasteiger partial charge < -0.3 is 35.1 Å². The minimum atomic E-state index is -1.17. The van der Waals surface area contributed by atoms with Crippen molar-refractivity contribution in [2.45, 2.75) is 123 Å². The highest BCUT2D eigenvalue weighted by molar-refractivity contribution is 6.38.